The Labute approximate surface area is 158 Å². The smallest absolute Gasteiger partial charge is 0.198 e. The molecule has 2 aliphatic heterocycles. The zero-order chi connectivity index (χ0) is 17.7. The molecule has 0 bridgehead atoms. The summed E-state index contributed by atoms with van der Waals surface area (Å²) in [6, 6.07) is 10.0. The number of ether oxygens (including phenoxy) is 1. The Bertz CT molecular complexity index is 838. The van der Waals surface area contributed by atoms with Gasteiger partial charge in [-0.25, -0.2) is 5.01 Å². The number of rotatable bonds is 2. The van der Waals surface area contributed by atoms with Crippen molar-refractivity contribution in [3.63, 3.8) is 0 Å². The number of hydrogen-bond donors (Lipinski definition) is 0. The molecule has 5 rings (SSSR count). The molecule has 4 nitrogen and oxygen atoms in total. The van der Waals surface area contributed by atoms with Crippen LogP contribution in [0.1, 0.15) is 62.8 Å². The molecule has 0 amide bonds. The third-order valence-electron chi connectivity index (χ3n) is 6.23. The summed E-state index contributed by atoms with van der Waals surface area (Å²) in [5.74, 6) is 2.60. The molecule has 5 heteroatoms. The lowest BCUT2D eigenvalue weighted by Gasteiger charge is -2.50. The van der Waals surface area contributed by atoms with E-state index in [-0.39, 0.29) is 11.8 Å². The lowest BCUT2D eigenvalue weighted by molar-refractivity contribution is -0.146. The lowest BCUT2D eigenvalue weighted by Crippen LogP contribution is -2.55. The number of fused-ring (bicyclic) bond motifs is 4. The molecular weight excluding hydrogens is 348 g/mol. The third-order valence-corrected chi connectivity index (χ3v) is 6.46. The van der Waals surface area contributed by atoms with Crippen molar-refractivity contribution in [2.75, 3.05) is 0 Å². The standard InChI is InChI=1S/C21H23ClN2O2/c1-2-14-7-9-21(10-8-14)24-18(13-17(23-24)20-4-3-11-25-20)16-12-15(22)5-6-19(16)26-21/h3-6,11-12,14,18H,2,7-10,13H2,1H3/t14?,18-,21?/m0/s1. The van der Waals surface area contributed by atoms with Crippen LogP contribution in [0.25, 0.3) is 0 Å². The van der Waals surface area contributed by atoms with E-state index in [1.54, 1.807) is 6.26 Å². The summed E-state index contributed by atoms with van der Waals surface area (Å²) < 4.78 is 12.2. The van der Waals surface area contributed by atoms with Gasteiger partial charge in [-0.1, -0.05) is 24.9 Å². The maximum absolute atomic E-state index is 6.62. The third kappa shape index (κ3) is 2.46. The van der Waals surface area contributed by atoms with Gasteiger partial charge in [0.1, 0.15) is 17.2 Å². The number of halogens is 1. The second-order valence-corrected chi connectivity index (χ2v) is 8.11. The number of furan rings is 1. The van der Waals surface area contributed by atoms with Crippen molar-refractivity contribution in [3.8, 4) is 5.75 Å². The van der Waals surface area contributed by atoms with Crippen LogP contribution in [0.5, 0.6) is 5.75 Å². The van der Waals surface area contributed by atoms with Crippen molar-refractivity contribution in [2.24, 2.45) is 11.0 Å². The highest BCUT2D eigenvalue weighted by Gasteiger charge is 2.52. The molecule has 1 saturated carbocycles. The minimum absolute atomic E-state index is 0.163. The van der Waals surface area contributed by atoms with Crippen LogP contribution < -0.4 is 4.74 Å². The average Bonchev–Trinajstić information content (AvgIpc) is 3.33. The van der Waals surface area contributed by atoms with Gasteiger partial charge in [-0.15, -0.1) is 0 Å². The Morgan fingerprint density at radius 1 is 1.27 bits per heavy atom. The van der Waals surface area contributed by atoms with Gasteiger partial charge in [-0.2, -0.15) is 5.10 Å². The maximum Gasteiger partial charge on any atom is 0.198 e. The predicted octanol–water partition coefficient (Wildman–Crippen LogP) is 5.77. The monoisotopic (exact) mass is 370 g/mol. The fraction of sp³-hybridized carbons (Fsp3) is 0.476. The Morgan fingerprint density at radius 3 is 2.85 bits per heavy atom. The van der Waals surface area contributed by atoms with E-state index in [4.69, 9.17) is 25.9 Å². The van der Waals surface area contributed by atoms with Crippen LogP contribution in [0, 0.1) is 5.92 Å². The predicted molar refractivity (Wildman–Crippen MR) is 102 cm³/mol. The van der Waals surface area contributed by atoms with Gasteiger partial charge in [-0.05, 0) is 49.1 Å². The number of hydrogen-bond acceptors (Lipinski definition) is 4. The van der Waals surface area contributed by atoms with Crippen molar-refractivity contribution in [2.45, 2.75) is 57.2 Å². The zero-order valence-corrected chi connectivity index (χ0v) is 15.7. The maximum atomic E-state index is 6.62. The van der Waals surface area contributed by atoms with Crippen molar-refractivity contribution in [1.82, 2.24) is 5.01 Å². The quantitative estimate of drug-likeness (QED) is 0.673. The number of hydrazone groups is 1. The van der Waals surface area contributed by atoms with Crippen LogP contribution in [0.15, 0.2) is 46.1 Å². The van der Waals surface area contributed by atoms with Crippen LogP contribution in [0.3, 0.4) is 0 Å². The molecule has 0 saturated heterocycles. The highest BCUT2D eigenvalue weighted by molar-refractivity contribution is 6.30. The van der Waals surface area contributed by atoms with E-state index >= 15 is 0 Å². The minimum Gasteiger partial charge on any atom is -0.466 e. The molecule has 0 N–H and O–H groups in total. The van der Waals surface area contributed by atoms with Gasteiger partial charge in [0.05, 0.1) is 12.3 Å². The fourth-order valence-corrected chi connectivity index (χ4v) is 4.89. The summed E-state index contributed by atoms with van der Waals surface area (Å²) in [7, 11) is 0. The van der Waals surface area contributed by atoms with Gasteiger partial charge in [0, 0.05) is 29.8 Å². The summed E-state index contributed by atoms with van der Waals surface area (Å²) in [5, 5.41) is 7.95. The first-order chi connectivity index (χ1) is 12.7. The molecule has 1 fully saturated rings. The molecule has 1 aromatic carbocycles. The molecule has 3 heterocycles. The van der Waals surface area contributed by atoms with Gasteiger partial charge in [0.2, 0.25) is 0 Å². The van der Waals surface area contributed by atoms with Crippen LogP contribution in [0.2, 0.25) is 5.02 Å². The molecule has 1 spiro atoms. The summed E-state index contributed by atoms with van der Waals surface area (Å²) in [4.78, 5) is 0. The van der Waals surface area contributed by atoms with Crippen LogP contribution in [-0.4, -0.2) is 16.4 Å². The first-order valence-electron chi connectivity index (χ1n) is 9.58. The first kappa shape index (κ1) is 16.2. The minimum atomic E-state index is -0.342. The highest BCUT2D eigenvalue weighted by Crippen LogP contribution is 2.52. The summed E-state index contributed by atoms with van der Waals surface area (Å²) in [5.41, 5.74) is 1.78. The van der Waals surface area contributed by atoms with E-state index in [2.05, 4.69) is 11.9 Å². The van der Waals surface area contributed by atoms with Gasteiger partial charge >= 0.3 is 0 Å². The van der Waals surface area contributed by atoms with Crippen molar-refractivity contribution < 1.29 is 9.15 Å². The van der Waals surface area contributed by atoms with Gasteiger partial charge in [0.15, 0.2) is 5.72 Å². The van der Waals surface area contributed by atoms with E-state index in [0.29, 0.717) is 0 Å². The molecule has 1 aliphatic carbocycles. The van der Waals surface area contributed by atoms with E-state index in [0.717, 1.165) is 53.0 Å². The molecule has 0 radical (unpaired) electrons. The van der Waals surface area contributed by atoms with Crippen LogP contribution in [0.4, 0.5) is 0 Å². The zero-order valence-electron chi connectivity index (χ0n) is 15.0. The lowest BCUT2D eigenvalue weighted by atomic mass is 9.80. The SMILES string of the molecule is CCC1CCC2(CC1)Oc1ccc(Cl)cc1[C@@H]1CC(c3ccco3)=NN12. The van der Waals surface area contributed by atoms with Gasteiger partial charge in [-0.3, -0.25) is 0 Å². The van der Waals surface area contributed by atoms with E-state index in [1.807, 2.05) is 30.3 Å². The van der Waals surface area contributed by atoms with E-state index in [9.17, 15) is 0 Å². The highest BCUT2D eigenvalue weighted by atomic mass is 35.5. The Kier molecular flexibility index (Phi) is 3.78. The van der Waals surface area contributed by atoms with E-state index < -0.39 is 0 Å². The molecular formula is C21H23ClN2O2. The van der Waals surface area contributed by atoms with Crippen LogP contribution >= 0.6 is 11.6 Å². The fourth-order valence-electron chi connectivity index (χ4n) is 4.71. The molecule has 26 heavy (non-hydrogen) atoms. The van der Waals surface area contributed by atoms with Crippen molar-refractivity contribution >= 4 is 17.3 Å². The topological polar surface area (TPSA) is 38.0 Å². The van der Waals surface area contributed by atoms with Crippen LogP contribution in [-0.2, 0) is 0 Å². The molecule has 136 valence electrons. The second kappa shape index (κ2) is 6.05. The van der Waals surface area contributed by atoms with Crippen molar-refractivity contribution in [3.05, 3.63) is 52.9 Å². The Hall–Kier alpha value is -1.94. The number of nitrogens with zero attached hydrogens (tertiary/aromatic N) is 2. The van der Waals surface area contributed by atoms with E-state index in [1.165, 1.54) is 19.3 Å². The molecule has 0 unspecified atom stereocenters. The largest absolute Gasteiger partial charge is 0.466 e. The molecule has 1 aromatic heterocycles. The normalized spacial score (nSPS) is 29.9. The molecule has 2 aromatic rings. The number of benzene rings is 1. The first-order valence-corrected chi connectivity index (χ1v) is 9.95. The summed E-state index contributed by atoms with van der Waals surface area (Å²) in [6.07, 6.45) is 8.18. The second-order valence-electron chi connectivity index (χ2n) is 7.67. The van der Waals surface area contributed by atoms with Gasteiger partial charge in [0.25, 0.3) is 0 Å². The summed E-state index contributed by atoms with van der Waals surface area (Å²) in [6.45, 7) is 2.29. The van der Waals surface area contributed by atoms with Crippen molar-refractivity contribution in [1.29, 1.82) is 0 Å². The van der Waals surface area contributed by atoms with Gasteiger partial charge < -0.3 is 9.15 Å². The average molecular weight is 371 g/mol. The molecule has 1 atom stereocenters. The Morgan fingerprint density at radius 2 is 2.12 bits per heavy atom. The summed E-state index contributed by atoms with van der Waals surface area (Å²) >= 11 is 6.29. The molecule has 3 aliphatic rings. The Balaban J connectivity index is 1.57.